The summed E-state index contributed by atoms with van der Waals surface area (Å²) in [6.45, 7) is 0.407. The van der Waals surface area contributed by atoms with Crippen LogP contribution in [0.1, 0.15) is 42.5 Å². The number of carbonyl (C=O) groups is 3. The van der Waals surface area contributed by atoms with Gasteiger partial charge in [-0.2, -0.15) is 5.10 Å². The minimum Gasteiger partial charge on any atom is -0.374 e. The zero-order valence-electron chi connectivity index (χ0n) is 19.8. The Morgan fingerprint density at radius 3 is 2.89 bits per heavy atom. The van der Waals surface area contributed by atoms with Crippen molar-refractivity contribution in [3.8, 4) is 0 Å². The smallest absolute Gasteiger partial charge is 0.237 e. The molecule has 0 radical (unpaired) electrons. The van der Waals surface area contributed by atoms with Crippen molar-refractivity contribution in [2.45, 2.75) is 56.1 Å². The number of para-hydroxylation sites is 1. The Kier molecular flexibility index (Phi) is 4.46. The normalized spacial score (nSPS) is 32.3. The summed E-state index contributed by atoms with van der Waals surface area (Å²) in [4.78, 5) is 42.9. The second-order valence-corrected chi connectivity index (χ2v) is 10.7. The summed E-state index contributed by atoms with van der Waals surface area (Å²) in [5, 5.41) is 10.7. The highest BCUT2D eigenvalue weighted by Gasteiger charge is 2.61. The lowest BCUT2D eigenvalue weighted by atomic mass is 9.73. The third-order valence-electron chi connectivity index (χ3n) is 8.86. The Morgan fingerprint density at radius 2 is 2.09 bits per heavy atom. The van der Waals surface area contributed by atoms with Gasteiger partial charge in [0.05, 0.1) is 29.7 Å². The summed E-state index contributed by atoms with van der Waals surface area (Å²) in [6.07, 6.45) is 5.58. The Morgan fingerprint density at radius 1 is 1.23 bits per heavy atom. The maximum absolute atomic E-state index is 13.9. The van der Waals surface area contributed by atoms with Gasteiger partial charge in [-0.05, 0) is 50.2 Å². The molecule has 1 aliphatic carbocycles. The van der Waals surface area contributed by atoms with Crippen molar-refractivity contribution in [3.63, 3.8) is 0 Å². The Bertz CT molecular complexity index is 1270. The average Bonchev–Trinajstić information content (AvgIpc) is 3.68. The summed E-state index contributed by atoms with van der Waals surface area (Å²) < 4.78 is 7.67. The fraction of sp³-hybridized carbons (Fsp3) is 0.538. The molecule has 2 N–H and O–H groups in total. The number of carbonyl (C=O) groups excluding carboxylic acids is 3. The number of amides is 3. The van der Waals surface area contributed by atoms with Gasteiger partial charge >= 0.3 is 0 Å². The minimum atomic E-state index is -1.11. The van der Waals surface area contributed by atoms with Crippen LogP contribution in [-0.2, 0) is 44.4 Å². The predicted molar refractivity (Wildman–Crippen MR) is 127 cm³/mol. The number of benzene rings is 1. The highest BCUT2D eigenvalue weighted by atomic mass is 16.5. The number of likely N-dealkylation sites (tertiary alicyclic amines) is 1. The van der Waals surface area contributed by atoms with E-state index in [0.29, 0.717) is 11.5 Å². The van der Waals surface area contributed by atoms with Gasteiger partial charge in [0, 0.05) is 31.4 Å². The Labute approximate surface area is 203 Å². The van der Waals surface area contributed by atoms with Gasteiger partial charge in [0.15, 0.2) is 0 Å². The molecule has 1 spiro atoms. The van der Waals surface area contributed by atoms with Gasteiger partial charge in [-0.15, -0.1) is 0 Å². The van der Waals surface area contributed by atoms with E-state index >= 15 is 0 Å². The Hall–Kier alpha value is -3.20. The molecule has 3 amide bonds. The van der Waals surface area contributed by atoms with Crippen LogP contribution in [0.2, 0.25) is 0 Å². The van der Waals surface area contributed by atoms with Gasteiger partial charge in [-0.25, -0.2) is 0 Å². The van der Waals surface area contributed by atoms with Gasteiger partial charge in [0.2, 0.25) is 17.7 Å². The molecule has 9 heteroatoms. The molecule has 1 aromatic heterocycles. The number of hydrogen-bond acceptors (Lipinski definition) is 5. The summed E-state index contributed by atoms with van der Waals surface area (Å²) in [6, 6.07) is 7.53. The van der Waals surface area contributed by atoms with Crippen LogP contribution >= 0.6 is 0 Å². The first-order valence-corrected chi connectivity index (χ1v) is 12.7. The fourth-order valence-corrected chi connectivity index (χ4v) is 7.18. The zero-order chi connectivity index (χ0) is 23.9. The van der Waals surface area contributed by atoms with Crippen molar-refractivity contribution < 1.29 is 19.1 Å². The second kappa shape index (κ2) is 7.40. The van der Waals surface area contributed by atoms with E-state index < -0.39 is 11.3 Å². The lowest BCUT2D eigenvalue weighted by Crippen LogP contribution is -2.47. The van der Waals surface area contributed by atoms with Crippen LogP contribution in [0.25, 0.3) is 0 Å². The molecule has 5 aliphatic rings. The van der Waals surface area contributed by atoms with Crippen LogP contribution in [0.3, 0.4) is 0 Å². The molecule has 5 heterocycles. The summed E-state index contributed by atoms with van der Waals surface area (Å²) >= 11 is 0. The van der Waals surface area contributed by atoms with E-state index in [1.54, 1.807) is 9.58 Å². The van der Waals surface area contributed by atoms with Gasteiger partial charge in [0.1, 0.15) is 11.2 Å². The third kappa shape index (κ3) is 2.90. The molecule has 3 saturated heterocycles. The molecule has 7 rings (SSSR count). The van der Waals surface area contributed by atoms with Crippen molar-refractivity contribution in [2.75, 3.05) is 23.7 Å². The second-order valence-electron chi connectivity index (χ2n) is 10.7. The average molecular weight is 476 g/mol. The SMILES string of the molecule is Cn1nc2c(c1NC(=O)[C@H]1CN(C(=O)[C@H]3C[C@@H]4CC[C@@H]3O4)C[C@]13C(=O)Nc1ccccc13)CCC2. The number of ether oxygens (including phenoxy) is 1. The molecule has 5 atom stereocenters. The maximum Gasteiger partial charge on any atom is 0.237 e. The quantitative estimate of drug-likeness (QED) is 0.704. The van der Waals surface area contributed by atoms with Gasteiger partial charge < -0.3 is 20.3 Å². The fourth-order valence-electron chi connectivity index (χ4n) is 7.18. The van der Waals surface area contributed by atoms with Crippen LogP contribution in [0.4, 0.5) is 11.5 Å². The molecule has 0 unspecified atom stereocenters. The minimum absolute atomic E-state index is 0.00508. The first-order valence-electron chi connectivity index (χ1n) is 12.7. The van der Waals surface area contributed by atoms with Crippen LogP contribution in [-0.4, -0.2) is 57.7 Å². The van der Waals surface area contributed by atoms with E-state index in [4.69, 9.17) is 4.74 Å². The predicted octanol–water partition coefficient (Wildman–Crippen LogP) is 1.76. The van der Waals surface area contributed by atoms with Gasteiger partial charge in [-0.1, -0.05) is 18.2 Å². The largest absolute Gasteiger partial charge is 0.374 e. The molecule has 4 aliphatic heterocycles. The molecule has 2 bridgehead atoms. The molecule has 9 nitrogen and oxygen atoms in total. The zero-order valence-corrected chi connectivity index (χ0v) is 19.8. The summed E-state index contributed by atoms with van der Waals surface area (Å²) in [7, 11) is 1.83. The maximum atomic E-state index is 13.9. The monoisotopic (exact) mass is 475 g/mol. The van der Waals surface area contributed by atoms with Crippen LogP contribution < -0.4 is 10.6 Å². The molecule has 1 aromatic carbocycles. The number of nitrogens with one attached hydrogen (secondary N) is 2. The molecule has 182 valence electrons. The van der Waals surface area contributed by atoms with E-state index in [-0.39, 0.29) is 48.9 Å². The molecule has 3 fully saturated rings. The van der Waals surface area contributed by atoms with E-state index in [2.05, 4.69) is 15.7 Å². The first-order chi connectivity index (χ1) is 17.0. The number of aryl methyl sites for hydroxylation is 2. The Balaban J connectivity index is 1.25. The van der Waals surface area contributed by atoms with Crippen LogP contribution in [0, 0.1) is 11.8 Å². The topological polar surface area (TPSA) is 106 Å². The lowest BCUT2D eigenvalue weighted by Gasteiger charge is -2.28. The van der Waals surface area contributed by atoms with E-state index in [1.807, 2.05) is 31.3 Å². The van der Waals surface area contributed by atoms with Crippen LogP contribution in [0.5, 0.6) is 0 Å². The van der Waals surface area contributed by atoms with Crippen molar-refractivity contribution in [2.24, 2.45) is 18.9 Å². The van der Waals surface area contributed by atoms with Gasteiger partial charge in [0.25, 0.3) is 0 Å². The summed E-state index contributed by atoms with van der Waals surface area (Å²) in [5.41, 5.74) is 2.50. The number of hydrogen-bond donors (Lipinski definition) is 2. The third-order valence-corrected chi connectivity index (χ3v) is 8.86. The van der Waals surface area contributed by atoms with Gasteiger partial charge in [-0.3, -0.25) is 19.1 Å². The standard InChI is InChI=1S/C26H29N5O4/c1-30-22(15-5-4-8-19(15)29-30)28-23(32)18-12-31(24(33)16-11-14-9-10-21(16)35-14)13-26(18)17-6-2-3-7-20(17)27-25(26)34/h2-3,6-7,14,16,18,21H,4-5,8-13H2,1H3,(H,27,34)(H,28,32)/t14-,16-,18+,21-,26+/m0/s1. The lowest BCUT2D eigenvalue weighted by molar-refractivity contribution is -0.136. The molecule has 0 saturated carbocycles. The first kappa shape index (κ1) is 21.1. The highest BCUT2D eigenvalue weighted by Crippen LogP contribution is 2.49. The number of nitrogens with zero attached hydrogens (tertiary/aromatic N) is 3. The summed E-state index contributed by atoms with van der Waals surface area (Å²) in [5.74, 6) is -0.641. The van der Waals surface area contributed by atoms with E-state index in [1.165, 1.54) is 0 Å². The van der Waals surface area contributed by atoms with Crippen molar-refractivity contribution in [1.82, 2.24) is 14.7 Å². The number of rotatable bonds is 3. The number of fused-ring (bicyclic) bond motifs is 5. The molecule has 2 aromatic rings. The number of anilines is 2. The van der Waals surface area contributed by atoms with E-state index in [0.717, 1.165) is 55.3 Å². The van der Waals surface area contributed by atoms with Crippen LogP contribution in [0.15, 0.2) is 24.3 Å². The molecule has 35 heavy (non-hydrogen) atoms. The molecular formula is C26H29N5O4. The van der Waals surface area contributed by atoms with E-state index in [9.17, 15) is 14.4 Å². The highest BCUT2D eigenvalue weighted by molar-refractivity contribution is 6.11. The molecular weight excluding hydrogens is 446 g/mol. The van der Waals surface area contributed by atoms with Crippen molar-refractivity contribution in [1.29, 1.82) is 0 Å². The number of aromatic nitrogens is 2. The van der Waals surface area contributed by atoms with Crippen molar-refractivity contribution in [3.05, 3.63) is 41.1 Å². The van der Waals surface area contributed by atoms with Crippen molar-refractivity contribution >= 4 is 29.2 Å².